The first kappa shape index (κ1) is 16.2. The number of nitrogens with zero attached hydrogens (tertiary/aromatic N) is 1. The zero-order valence-corrected chi connectivity index (χ0v) is 12.4. The molecule has 1 aromatic carbocycles. The average molecular weight is 277 g/mol. The summed E-state index contributed by atoms with van der Waals surface area (Å²) in [6, 6.07) is 7.30. The summed E-state index contributed by atoms with van der Waals surface area (Å²) in [4.78, 5) is 25.0. The van der Waals surface area contributed by atoms with Crippen molar-refractivity contribution >= 4 is 11.8 Å². The molecule has 2 N–H and O–H groups in total. The molecule has 1 rings (SSSR count). The first-order chi connectivity index (χ1) is 9.58. The third kappa shape index (κ3) is 5.01. The topological polar surface area (TPSA) is 61.4 Å². The van der Waals surface area contributed by atoms with Gasteiger partial charge < -0.3 is 15.5 Å². The Morgan fingerprint density at radius 1 is 1.15 bits per heavy atom. The Morgan fingerprint density at radius 2 is 1.80 bits per heavy atom. The fraction of sp³-hybridized carbons (Fsp3) is 0.467. The summed E-state index contributed by atoms with van der Waals surface area (Å²) in [5, 5.41) is 5.60. The quantitative estimate of drug-likeness (QED) is 0.731. The van der Waals surface area contributed by atoms with E-state index >= 15 is 0 Å². The van der Waals surface area contributed by atoms with Crippen molar-refractivity contribution in [2.75, 3.05) is 27.7 Å². The molecule has 5 nitrogen and oxygen atoms in total. The van der Waals surface area contributed by atoms with Crippen molar-refractivity contribution in [3.8, 4) is 0 Å². The molecule has 0 fully saturated rings. The van der Waals surface area contributed by atoms with Gasteiger partial charge in [-0.15, -0.1) is 0 Å². The van der Waals surface area contributed by atoms with Crippen molar-refractivity contribution in [1.29, 1.82) is 0 Å². The highest BCUT2D eigenvalue weighted by atomic mass is 16.2. The third-order valence-corrected chi connectivity index (χ3v) is 3.11. The number of hydrogen-bond donors (Lipinski definition) is 2. The molecule has 0 aromatic heterocycles. The fourth-order valence-electron chi connectivity index (χ4n) is 1.88. The number of nitrogens with one attached hydrogen (secondary N) is 2. The van der Waals surface area contributed by atoms with E-state index < -0.39 is 0 Å². The van der Waals surface area contributed by atoms with Gasteiger partial charge in [-0.3, -0.25) is 9.59 Å². The van der Waals surface area contributed by atoms with E-state index in [1.165, 1.54) is 0 Å². The van der Waals surface area contributed by atoms with Crippen molar-refractivity contribution in [2.45, 2.75) is 19.4 Å². The number of hydrogen-bond acceptors (Lipinski definition) is 3. The van der Waals surface area contributed by atoms with Crippen molar-refractivity contribution in [3.63, 3.8) is 0 Å². The van der Waals surface area contributed by atoms with Gasteiger partial charge in [-0.25, -0.2) is 0 Å². The molecule has 110 valence electrons. The van der Waals surface area contributed by atoms with Gasteiger partial charge in [0.15, 0.2) is 0 Å². The van der Waals surface area contributed by atoms with Gasteiger partial charge in [0.1, 0.15) is 0 Å². The summed E-state index contributed by atoms with van der Waals surface area (Å²) >= 11 is 0. The summed E-state index contributed by atoms with van der Waals surface area (Å²) < 4.78 is 0. The van der Waals surface area contributed by atoms with Crippen LogP contribution < -0.4 is 10.6 Å². The Balaban J connectivity index is 2.51. The van der Waals surface area contributed by atoms with Gasteiger partial charge in [0.2, 0.25) is 5.91 Å². The summed E-state index contributed by atoms with van der Waals surface area (Å²) in [7, 11) is 5.28. The number of rotatable bonds is 7. The maximum atomic E-state index is 11.9. The van der Waals surface area contributed by atoms with Gasteiger partial charge in [0.25, 0.3) is 5.91 Å². The van der Waals surface area contributed by atoms with Crippen LogP contribution >= 0.6 is 0 Å². The predicted octanol–water partition coefficient (Wildman–Crippen LogP) is 1.00. The lowest BCUT2D eigenvalue weighted by Gasteiger charge is -2.17. The lowest BCUT2D eigenvalue weighted by molar-refractivity contribution is -0.130. The van der Waals surface area contributed by atoms with Crippen LogP contribution in [0.25, 0.3) is 0 Å². The molecule has 0 aliphatic rings. The second kappa shape index (κ2) is 8.32. The minimum atomic E-state index is -0.104. The van der Waals surface area contributed by atoms with Crippen molar-refractivity contribution < 1.29 is 9.59 Å². The minimum absolute atomic E-state index is 0.104. The lowest BCUT2D eigenvalue weighted by atomic mass is 10.1. The van der Waals surface area contributed by atoms with Crippen molar-refractivity contribution in [1.82, 2.24) is 15.5 Å². The van der Waals surface area contributed by atoms with Gasteiger partial charge >= 0.3 is 0 Å². The van der Waals surface area contributed by atoms with Crippen LogP contribution in [0.1, 0.15) is 28.8 Å². The molecule has 0 unspecified atom stereocenters. The third-order valence-electron chi connectivity index (χ3n) is 3.11. The highest BCUT2D eigenvalue weighted by Crippen LogP contribution is 2.08. The summed E-state index contributed by atoms with van der Waals surface area (Å²) in [6.45, 7) is 1.41. The molecule has 5 heteroatoms. The molecule has 0 saturated heterocycles. The maximum absolute atomic E-state index is 11.9. The van der Waals surface area contributed by atoms with E-state index in [4.69, 9.17) is 0 Å². The number of amides is 2. The van der Waals surface area contributed by atoms with Gasteiger partial charge in [-0.1, -0.05) is 12.1 Å². The monoisotopic (exact) mass is 277 g/mol. The Kier molecular flexibility index (Phi) is 6.73. The molecule has 0 spiro atoms. The zero-order chi connectivity index (χ0) is 15.0. The number of carbonyl (C=O) groups is 2. The second-order valence-corrected chi connectivity index (χ2v) is 4.73. The molecule has 20 heavy (non-hydrogen) atoms. The van der Waals surface area contributed by atoms with Crippen LogP contribution in [-0.2, 0) is 11.3 Å². The predicted molar refractivity (Wildman–Crippen MR) is 79.5 cm³/mol. The molecule has 2 amide bonds. The maximum Gasteiger partial charge on any atom is 0.251 e. The molecule has 0 aliphatic carbocycles. The largest absolute Gasteiger partial charge is 0.355 e. The van der Waals surface area contributed by atoms with Crippen LogP contribution in [0.3, 0.4) is 0 Å². The van der Waals surface area contributed by atoms with E-state index in [0.29, 0.717) is 18.5 Å². The molecule has 0 saturated carbocycles. The molecular weight excluding hydrogens is 254 g/mol. The van der Waals surface area contributed by atoms with Crippen LogP contribution in [0.4, 0.5) is 0 Å². The Hall–Kier alpha value is -1.88. The molecule has 0 atom stereocenters. The second-order valence-electron chi connectivity index (χ2n) is 4.73. The Labute approximate surface area is 120 Å². The Morgan fingerprint density at radius 3 is 2.35 bits per heavy atom. The van der Waals surface area contributed by atoms with E-state index in [1.54, 1.807) is 31.1 Å². The normalized spacial score (nSPS) is 10.2. The van der Waals surface area contributed by atoms with E-state index in [1.807, 2.05) is 19.2 Å². The van der Waals surface area contributed by atoms with Crippen LogP contribution in [0.2, 0.25) is 0 Å². The molecule has 0 bridgehead atoms. The van der Waals surface area contributed by atoms with Crippen LogP contribution in [-0.4, -0.2) is 44.4 Å². The van der Waals surface area contributed by atoms with E-state index in [0.717, 1.165) is 18.5 Å². The highest BCUT2D eigenvalue weighted by Gasteiger charge is 2.09. The van der Waals surface area contributed by atoms with E-state index in [9.17, 15) is 9.59 Å². The van der Waals surface area contributed by atoms with Gasteiger partial charge in [-0.2, -0.15) is 0 Å². The van der Waals surface area contributed by atoms with E-state index in [-0.39, 0.29) is 11.8 Å². The summed E-state index contributed by atoms with van der Waals surface area (Å²) in [6.07, 6.45) is 1.39. The summed E-state index contributed by atoms with van der Waals surface area (Å²) in [5.41, 5.74) is 1.64. The average Bonchev–Trinajstić information content (AvgIpc) is 2.47. The van der Waals surface area contributed by atoms with Gasteiger partial charge in [-0.05, 0) is 37.7 Å². The van der Waals surface area contributed by atoms with Crippen LogP contribution in [0, 0.1) is 0 Å². The van der Waals surface area contributed by atoms with Crippen LogP contribution in [0.5, 0.6) is 0 Å². The molecule has 0 radical (unpaired) electrons. The molecule has 0 aliphatic heterocycles. The molecular formula is C15H23N3O2. The summed E-state index contributed by atoms with van der Waals surface area (Å²) in [5.74, 6) is 0.0312. The van der Waals surface area contributed by atoms with Gasteiger partial charge in [0, 0.05) is 32.6 Å². The fourth-order valence-corrected chi connectivity index (χ4v) is 1.88. The lowest BCUT2D eigenvalue weighted by Crippen LogP contribution is -2.26. The first-order valence-corrected chi connectivity index (χ1v) is 6.78. The number of benzene rings is 1. The highest BCUT2D eigenvalue weighted by molar-refractivity contribution is 5.93. The smallest absolute Gasteiger partial charge is 0.251 e. The van der Waals surface area contributed by atoms with E-state index in [2.05, 4.69) is 10.6 Å². The molecule has 0 heterocycles. The minimum Gasteiger partial charge on any atom is -0.355 e. The SMILES string of the molecule is CNCCCC(=O)N(C)Cc1ccc(C(=O)NC)cc1. The number of carbonyl (C=O) groups excluding carboxylic acids is 2. The standard InChI is InChI=1S/C15H23N3O2/c1-16-10-4-5-14(19)18(3)11-12-6-8-13(9-7-12)15(20)17-2/h6-9,16H,4-5,10-11H2,1-3H3,(H,17,20). The first-order valence-electron chi connectivity index (χ1n) is 6.78. The molecule has 1 aromatic rings. The van der Waals surface area contributed by atoms with Crippen molar-refractivity contribution in [2.24, 2.45) is 0 Å². The zero-order valence-electron chi connectivity index (χ0n) is 12.4. The Bertz CT molecular complexity index is 443. The van der Waals surface area contributed by atoms with Crippen LogP contribution in [0.15, 0.2) is 24.3 Å². The van der Waals surface area contributed by atoms with Crippen molar-refractivity contribution in [3.05, 3.63) is 35.4 Å². The van der Waals surface area contributed by atoms with Gasteiger partial charge in [0.05, 0.1) is 0 Å².